The van der Waals surface area contributed by atoms with E-state index in [9.17, 15) is 9.18 Å². The van der Waals surface area contributed by atoms with Crippen molar-refractivity contribution in [3.63, 3.8) is 0 Å². The predicted molar refractivity (Wildman–Crippen MR) is 118 cm³/mol. The van der Waals surface area contributed by atoms with Gasteiger partial charge in [0.05, 0.1) is 26.4 Å². The number of benzene rings is 1. The molecule has 2 aromatic rings. The number of piperazine rings is 1. The van der Waals surface area contributed by atoms with Gasteiger partial charge in [-0.25, -0.2) is 9.07 Å². The van der Waals surface area contributed by atoms with Crippen LogP contribution in [0.5, 0.6) is 0 Å². The summed E-state index contributed by atoms with van der Waals surface area (Å²) in [7, 11) is 0. The van der Waals surface area contributed by atoms with Crippen molar-refractivity contribution in [1.82, 2.24) is 29.5 Å². The molecule has 0 aliphatic carbocycles. The molecule has 2 saturated heterocycles. The van der Waals surface area contributed by atoms with Crippen molar-refractivity contribution in [3.8, 4) is 0 Å². The zero-order valence-electron chi connectivity index (χ0n) is 17.4. The first-order valence-electron chi connectivity index (χ1n) is 10.5. The standard InChI is InChI=1S/C21H27FN6O2S/c22-18-4-1-17(2-5-18)3-6-19-23-21(31)28(24-19)16-26-7-9-27(10-8-26)20(29)15-25-11-13-30-14-12-25/h1-6H,7-16H2,(H,23,24,31)/b6-3+. The molecule has 0 spiro atoms. The number of carbonyl (C=O) groups excluding carboxylic acids is 1. The highest BCUT2D eigenvalue weighted by molar-refractivity contribution is 7.71. The molecule has 2 fully saturated rings. The monoisotopic (exact) mass is 446 g/mol. The SMILES string of the molecule is O=C(CN1CCOCC1)N1CCN(Cn2[nH]c(/C=C/c3ccc(F)cc3)nc2=S)CC1. The molecule has 2 aliphatic rings. The van der Waals surface area contributed by atoms with Crippen LogP contribution in [0, 0.1) is 10.6 Å². The summed E-state index contributed by atoms with van der Waals surface area (Å²) in [4.78, 5) is 23.3. The fourth-order valence-corrected chi connectivity index (χ4v) is 3.88. The second-order valence-corrected chi connectivity index (χ2v) is 8.10. The molecular formula is C21H27FN6O2S. The zero-order chi connectivity index (χ0) is 21.6. The molecule has 4 rings (SSSR count). The number of amides is 1. The van der Waals surface area contributed by atoms with Gasteiger partial charge in [-0.2, -0.15) is 4.98 Å². The minimum Gasteiger partial charge on any atom is -0.379 e. The molecule has 0 radical (unpaired) electrons. The van der Waals surface area contributed by atoms with Gasteiger partial charge in [0.2, 0.25) is 10.7 Å². The molecule has 3 heterocycles. The summed E-state index contributed by atoms with van der Waals surface area (Å²) in [5, 5.41) is 3.20. The Morgan fingerprint density at radius 1 is 1.06 bits per heavy atom. The maximum Gasteiger partial charge on any atom is 0.236 e. The van der Waals surface area contributed by atoms with Gasteiger partial charge in [0, 0.05) is 39.3 Å². The van der Waals surface area contributed by atoms with E-state index in [1.165, 1.54) is 12.1 Å². The number of nitrogens with one attached hydrogen (secondary N) is 1. The molecular weight excluding hydrogens is 419 g/mol. The van der Waals surface area contributed by atoms with Gasteiger partial charge in [0.15, 0.2) is 0 Å². The van der Waals surface area contributed by atoms with E-state index in [0.717, 1.165) is 31.7 Å². The molecule has 1 aromatic heterocycles. The Balaban J connectivity index is 1.27. The van der Waals surface area contributed by atoms with Crippen molar-refractivity contribution in [2.75, 3.05) is 59.0 Å². The number of hydrogen-bond acceptors (Lipinski definition) is 6. The number of morpholine rings is 1. The number of halogens is 1. The third kappa shape index (κ3) is 6.07. The topological polar surface area (TPSA) is 69.6 Å². The Morgan fingerprint density at radius 2 is 1.77 bits per heavy atom. The maximum absolute atomic E-state index is 13.0. The number of carbonyl (C=O) groups is 1. The van der Waals surface area contributed by atoms with Crippen LogP contribution in [0.2, 0.25) is 0 Å². The molecule has 166 valence electrons. The molecule has 1 amide bonds. The number of H-pyrrole nitrogens is 1. The molecule has 1 aromatic carbocycles. The van der Waals surface area contributed by atoms with Crippen LogP contribution in [-0.2, 0) is 16.2 Å². The van der Waals surface area contributed by atoms with Crippen LogP contribution in [0.15, 0.2) is 24.3 Å². The number of nitrogens with zero attached hydrogens (tertiary/aromatic N) is 5. The smallest absolute Gasteiger partial charge is 0.236 e. The van der Waals surface area contributed by atoms with Gasteiger partial charge in [0.1, 0.15) is 11.6 Å². The van der Waals surface area contributed by atoms with Crippen LogP contribution in [0.25, 0.3) is 12.2 Å². The molecule has 0 unspecified atom stereocenters. The molecule has 0 saturated carbocycles. The number of ether oxygens (including phenoxy) is 1. The maximum atomic E-state index is 13.0. The highest BCUT2D eigenvalue weighted by atomic mass is 32.1. The summed E-state index contributed by atoms with van der Waals surface area (Å²) in [6.07, 6.45) is 3.68. The van der Waals surface area contributed by atoms with Gasteiger partial charge in [0.25, 0.3) is 0 Å². The van der Waals surface area contributed by atoms with E-state index in [-0.39, 0.29) is 11.7 Å². The third-order valence-electron chi connectivity index (χ3n) is 5.53. The molecule has 1 N–H and O–H groups in total. The van der Waals surface area contributed by atoms with E-state index in [1.54, 1.807) is 12.1 Å². The normalized spacial score (nSPS) is 18.7. The van der Waals surface area contributed by atoms with Crippen LogP contribution in [0.4, 0.5) is 4.39 Å². The molecule has 31 heavy (non-hydrogen) atoms. The van der Waals surface area contributed by atoms with E-state index < -0.39 is 0 Å². The zero-order valence-corrected chi connectivity index (χ0v) is 18.2. The van der Waals surface area contributed by atoms with Crippen LogP contribution >= 0.6 is 12.2 Å². The van der Waals surface area contributed by atoms with Crippen molar-refractivity contribution in [3.05, 3.63) is 46.2 Å². The van der Waals surface area contributed by atoms with Crippen molar-refractivity contribution < 1.29 is 13.9 Å². The lowest BCUT2D eigenvalue weighted by Crippen LogP contribution is -2.52. The largest absolute Gasteiger partial charge is 0.379 e. The lowest BCUT2D eigenvalue weighted by atomic mass is 10.2. The summed E-state index contributed by atoms with van der Waals surface area (Å²) < 4.78 is 20.7. The highest BCUT2D eigenvalue weighted by Crippen LogP contribution is 2.09. The Kier molecular flexibility index (Phi) is 7.23. The van der Waals surface area contributed by atoms with Gasteiger partial charge in [-0.05, 0) is 36.0 Å². The number of hydrogen-bond donors (Lipinski definition) is 1. The summed E-state index contributed by atoms with van der Waals surface area (Å²) >= 11 is 5.38. The van der Waals surface area contributed by atoms with E-state index >= 15 is 0 Å². The Labute approximate surface area is 185 Å². The molecule has 10 heteroatoms. The summed E-state index contributed by atoms with van der Waals surface area (Å²) in [6.45, 7) is 7.11. The average molecular weight is 447 g/mol. The molecule has 0 atom stereocenters. The molecule has 2 aliphatic heterocycles. The summed E-state index contributed by atoms with van der Waals surface area (Å²) in [6, 6.07) is 6.26. The van der Waals surface area contributed by atoms with E-state index in [1.807, 2.05) is 21.7 Å². The van der Waals surface area contributed by atoms with Crippen LogP contribution in [-0.4, -0.2) is 94.4 Å². The van der Waals surface area contributed by atoms with Crippen LogP contribution in [0.3, 0.4) is 0 Å². The molecule has 8 nitrogen and oxygen atoms in total. The first-order valence-corrected chi connectivity index (χ1v) is 10.9. The Bertz CT molecular complexity index is 959. The van der Waals surface area contributed by atoms with Crippen molar-refractivity contribution in [2.24, 2.45) is 0 Å². The highest BCUT2D eigenvalue weighted by Gasteiger charge is 2.23. The molecule has 0 bridgehead atoms. The van der Waals surface area contributed by atoms with E-state index in [0.29, 0.717) is 50.1 Å². The summed E-state index contributed by atoms with van der Waals surface area (Å²) in [5.74, 6) is 0.574. The lowest BCUT2D eigenvalue weighted by molar-refractivity contribution is -0.135. The fourth-order valence-electron chi connectivity index (χ4n) is 3.68. The first kappa shape index (κ1) is 21.8. The van der Waals surface area contributed by atoms with E-state index in [2.05, 4.69) is 19.9 Å². The number of aromatic nitrogens is 3. The number of aromatic amines is 1. The Hall–Kier alpha value is -2.40. The lowest BCUT2D eigenvalue weighted by Gasteiger charge is -2.36. The second kappa shape index (κ2) is 10.3. The van der Waals surface area contributed by atoms with Gasteiger partial charge in [-0.15, -0.1) is 0 Å². The fraction of sp³-hybridized carbons (Fsp3) is 0.476. The first-order chi connectivity index (χ1) is 15.1. The van der Waals surface area contributed by atoms with Crippen LogP contribution in [0.1, 0.15) is 11.4 Å². The van der Waals surface area contributed by atoms with Gasteiger partial charge in [-0.3, -0.25) is 19.7 Å². The van der Waals surface area contributed by atoms with Crippen molar-refractivity contribution in [2.45, 2.75) is 6.67 Å². The Morgan fingerprint density at radius 3 is 2.48 bits per heavy atom. The second-order valence-electron chi connectivity index (χ2n) is 7.73. The third-order valence-corrected chi connectivity index (χ3v) is 5.84. The van der Waals surface area contributed by atoms with E-state index in [4.69, 9.17) is 17.0 Å². The van der Waals surface area contributed by atoms with Crippen LogP contribution < -0.4 is 0 Å². The van der Waals surface area contributed by atoms with Gasteiger partial charge < -0.3 is 9.64 Å². The average Bonchev–Trinajstić information content (AvgIpc) is 3.13. The van der Waals surface area contributed by atoms with Crippen molar-refractivity contribution >= 4 is 30.3 Å². The minimum atomic E-state index is -0.260. The predicted octanol–water partition coefficient (Wildman–Crippen LogP) is 1.68. The van der Waals surface area contributed by atoms with Gasteiger partial charge in [-0.1, -0.05) is 18.2 Å². The van der Waals surface area contributed by atoms with Gasteiger partial charge >= 0.3 is 0 Å². The summed E-state index contributed by atoms with van der Waals surface area (Å²) in [5.41, 5.74) is 0.883. The quantitative estimate of drug-likeness (QED) is 0.681. The number of rotatable bonds is 6. The van der Waals surface area contributed by atoms with Crippen molar-refractivity contribution in [1.29, 1.82) is 0 Å². The minimum absolute atomic E-state index is 0.188.